The average Bonchev–Trinajstić information content (AvgIpc) is 2.40. The molecular formula is C15H12F3IO3. The lowest BCUT2D eigenvalue weighted by molar-refractivity contribution is -0.137. The molecule has 0 spiro atoms. The van der Waals surface area contributed by atoms with Crippen LogP contribution in [0, 0.1) is 17.4 Å². The third-order valence-corrected chi connectivity index (χ3v) is 3.99. The molecule has 0 aliphatic carbocycles. The van der Waals surface area contributed by atoms with Crippen LogP contribution in [0.3, 0.4) is 0 Å². The molecule has 118 valence electrons. The van der Waals surface area contributed by atoms with Crippen LogP contribution in [0.2, 0.25) is 0 Å². The van der Waals surface area contributed by atoms with Gasteiger partial charge in [0.25, 0.3) is 0 Å². The summed E-state index contributed by atoms with van der Waals surface area (Å²) in [5.74, 6) is 0.383. The number of fused-ring (bicyclic) bond motifs is 1. The third-order valence-electron chi connectivity index (χ3n) is 3.19. The van der Waals surface area contributed by atoms with Gasteiger partial charge in [-0.15, -0.1) is 0 Å². The van der Waals surface area contributed by atoms with Crippen molar-refractivity contribution >= 4 is 33.6 Å². The van der Waals surface area contributed by atoms with Crippen molar-refractivity contribution in [1.82, 2.24) is 0 Å². The molecule has 0 saturated heterocycles. The first kappa shape index (κ1) is 16.9. The van der Waals surface area contributed by atoms with Crippen molar-refractivity contribution in [1.29, 1.82) is 0 Å². The number of alkyl halides is 3. The highest BCUT2D eigenvalue weighted by atomic mass is 127. The Morgan fingerprint density at radius 3 is 2.55 bits per heavy atom. The third kappa shape index (κ3) is 2.86. The molecule has 0 saturated carbocycles. The van der Waals surface area contributed by atoms with E-state index in [1.54, 1.807) is 6.92 Å². The van der Waals surface area contributed by atoms with Gasteiger partial charge in [0.15, 0.2) is 0 Å². The summed E-state index contributed by atoms with van der Waals surface area (Å²) in [5, 5.41) is -0.141. The van der Waals surface area contributed by atoms with Crippen LogP contribution < -0.4 is 10.4 Å². The topological polar surface area (TPSA) is 39.4 Å². The fraction of sp³-hybridized carbons (Fsp3) is 0.267. The molecule has 1 aromatic carbocycles. The van der Waals surface area contributed by atoms with Gasteiger partial charge in [-0.05, 0) is 42.5 Å². The highest BCUT2D eigenvalue weighted by molar-refractivity contribution is 14.1. The van der Waals surface area contributed by atoms with Crippen LogP contribution in [0.5, 0.6) is 5.75 Å². The Morgan fingerprint density at radius 2 is 2.00 bits per heavy atom. The molecule has 0 aliphatic rings. The van der Waals surface area contributed by atoms with Gasteiger partial charge in [0, 0.05) is 16.5 Å². The fourth-order valence-corrected chi connectivity index (χ4v) is 3.09. The lowest BCUT2D eigenvalue weighted by atomic mass is 10.0. The highest BCUT2D eigenvalue weighted by Crippen LogP contribution is 2.40. The van der Waals surface area contributed by atoms with E-state index >= 15 is 0 Å². The Balaban J connectivity index is 2.91. The number of aryl methyl sites for hydroxylation is 1. The van der Waals surface area contributed by atoms with Crippen molar-refractivity contribution in [3.8, 4) is 5.75 Å². The van der Waals surface area contributed by atoms with E-state index in [0.29, 0.717) is 14.9 Å². The molecule has 0 radical (unpaired) electrons. The maximum atomic E-state index is 13.3. The van der Waals surface area contributed by atoms with Crippen molar-refractivity contribution < 1.29 is 22.3 Å². The molecule has 3 nitrogen and oxygen atoms in total. The van der Waals surface area contributed by atoms with Gasteiger partial charge >= 0.3 is 11.8 Å². The molecule has 1 aromatic heterocycles. The normalized spacial score (nSPS) is 11.7. The van der Waals surface area contributed by atoms with Crippen LogP contribution in [-0.4, -0.2) is 6.61 Å². The second-order valence-corrected chi connectivity index (χ2v) is 5.84. The number of halogens is 4. The summed E-state index contributed by atoms with van der Waals surface area (Å²) < 4.78 is 50.9. The van der Waals surface area contributed by atoms with Crippen LogP contribution >= 0.6 is 22.6 Å². The summed E-state index contributed by atoms with van der Waals surface area (Å²) in [7, 11) is 0. The molecule has 0 fully saturated rings. The maximum absolute atomic E-state index is 13.3. The lowest BCUT2D eigenvalue weighted by Crippen LogP contribution is -2.16. The summed E-state index contributed by atoms with van der Waals surface area (Å²) in [5.41, 5.74) is -2.17. The second kappa shape index (κ2) is 5.94. The van der Waals surface area contributed by atoms with E-state index in [1.807, 2.05) is 22.6 Å². The molecule has 22 heavy (non-hydrogen) atoms. The average molecular weight is 424 g/mol. The summed E-state index contributed by atoms with van der Waals surface area (Å²) >= 11 is 1.89. The van der Waals surface area contributed by atoms with Crippen LogP contribution in [0.4, 0.5) is 13.2 Å². The van der Waals surface area contributed by atoms with E-state index in [-0.39, 0.29) is 17.6 Å². The Hall–Kier alpha value is -1.51. The molecule has 1 heterocycles. The molecule has 0 atom stereocenters. The minimum absolute atomic E-state index is 0.109. The first-order chi connectivity index (χ1) is 10.2. The van der Waals surface area contributed by atoms with Crippen molar-refractivity contribution in [2.75, 3.05) is 6.61 Å². The quantitative estimate of drug-likeness (QED) is 0.411. The molecule has 0 bridgehead atoms. The second-order valence-electron chi connectivity index (χ2n) is 4.68. The number of rotatable bonds is 3. The molecule has 0 amide bonds. The van der Waals surface area contributed by atoms with Gasteiger partial charge in [-0.25, -0.2) is 4.79 Å². The zero-order valence-electron chi connectivity index (χ0n) is 11.8. The van der Waals surface area contributed by atoms with Crippen molar-refractivity contribution in [2.45, 2.75) is 20.0 Å². The van der Waals surface area contributed by atoms with E-state index in [9.17, 15) is 18.0 Å². The Kier molecular flexibility index (Phi) is 4.55. The number of hydrogen-bond acceptors (Lipinski definition) is 3. The summed E-state index contributed by atoms with van der Waals surface area (Å²) in [6, 6.07) is 1.32. The fourth-order valence-electron chi connectivity index (χ4n) is 2.22. The zero-order valence-corrected chi connectivity index (χ0v) is 14.0. The van der Waals surface area contributed by atoms with Crippen LogP contribution in [-0.2, 0) is 6.18 Å². The maximum Gasteiger partial charge on any atom is 0.417 e. The van der Waals surface area contributed by atoms with E-state index < -0.39 is 22.9 Å². The Morgan fingerprint density at radius 1 is 1.36 bits per heavy atom. The molecule has 7 heteroatoms. The first-order valence-corrected chi connectivity index (χ1v) is 7.33. The smallest absolute Gasteiger partial charge is 0.417 e. The van der Waals surface area contributed by atoms with Gasteiger partial charge in [-0.3, -0.25) is 0 Å². The molecule has 0 unspecified atom stereocenters. The predicted molar refractivity (Wildman–Crippen MR) is 85.4 cm³/mol. The molecular weight excluding hydrogens is 412 g/mol. The van der Waals surface area contributed by atoms with Gasteiger partial charge in [-0.2, -0.15) is 13.2 Å². The minimum atomic E-state index is -4.64. The van der Waals surface area contributed by atoms with Gasteiger partial charge < -0.3 is 9.15 Å². The van der Waals surface area contributed by atoms with Gasteiger partial charge in [0.1, 0.15) is 17.9 Å². The standard InChI is InChI=1S/C15H12F3IO3/c1-4-5-21-13-8(3)12-9(6-10(13)19)11(15(16,17)18)7(2)14(20)22-12/h4,6H,1,5H2,2-3H3. The number of ether oxygens (including phenoxy) is 1. The highest BCUT2D eigenvalue weighted by Gasteiger charge is 2.37. The van der Waals surface area contributed by atoms with Crippen LogP contribution in [0.25, 0.3) is 11.0 Å². The Labute approximate surface area is 137 Å². The van der Waals surface area contributed by atoms with E-state index in [4.69, 9.17) is 9.15 Å². The van der Waals surface area contributed by atoms with Crippen LogP contribution in [0.1, 0.15) is 16.7 Å². The minimum Gasteiger partial charge on any atom is -0.488 e. The molecule has 0 N–H and O–H groups in total. The summed E-state index contributed by atoms with van der Waals surface area (Å²) in [6.45, 7) is 6.39. The summed E-state index contributed by atoms with van der Waals surface area (Å²) in [4.78, 5) is 11.7. The van der Waals surface area contributed by atoms with E-state index in [1.165, 1.54) is 12.1 Å². The van der Waals surface area contributed by atoms with Gasteiger partial charge in [-0.1, -0.05) is 12.7 Å². The van der Waals surface area contributed by atoms with Crippen LogP contribution in [0.15, 0.2) is 27.9 Å². The number of hydrogen-bond donors (Lipinski definition) is 0. The predicted octanol–water partition coefficient (Wildman–Crippen LogP) is 4.60. The Bertz CT molecular complexity index is 807. The SMILES string of the molecule is C=CCOc1c(I)cc2c(C(F)(F)F)c(C)c(=O)oc2c1C. The molecule has 2 rings (SSSR count). The largest absolute Gasteiger partial charge is 0.488 e. The zero-order chi connectivity index (χ0) is 16.7. The van der Waals surface area contributed by atoms with Crippen molar-refractivity contribution in [3.05, 3.63) is 49.4 Å². The molecule has 2 aromatic rings. The van der Waals surface area contributed by atoms with Gasteiger partial charge in [0.2, 0.25) is 0 Å². The van der Waals surface area contributed by atoms with Gasteiger partial charge in [0.05, 0.1) is 9.13 Å². The first-order valence-electron chi connectivity index (χ1n) is 6.25. The lowest BCUT2D eigenvalue weighted by Gasteiger charge is -2.16. The summed E-state index contributed by atoms with van der Waals surface area (Å²) in [6.07, 6.45) is -3.12. The monoisotopic (exact) mass is 424 g/mol. The van der Waals surface area contributed by atoms with Crippen molar-refractivity contribution in [3.63, 3.8) is 0 Å². The molecule has 0 aliphatic heterocycles. The van der Waals surface area contributed by atoms with E-state index in [0.717, 1.165) is 6.92 Å². The van der Waals surface area contributed by atoms with Crippen molar-refractivity contribution in [2.24, 2.45) is 0 Å². The van der Waals surface area contributed by atoms with E-state index in [2.05, 4.69) is 6.58 Å². The number of benzene rings is 1.